The van der Waals surface area contributed by atoms with E-state index in [-0.39, 0.29) is 5.82 Å². The largest absolute Gasteiger partial charge is 0.350 e. The van der Waals surface area contributed by atoms with Crippen LogP contribution >= 0.6 is 0 Å². The molecule has 0 fully saturated rings. The molecule has 1 aromatic heterocycles. The Morgan fingerprint density at radius 3 is 2.85 bits per heavy atom. The molecule has 0 bridgehead atoms. The molecular formula is C11H12FN. The zero-order valence-electron chi connectivity index (χ0n) is 7.84. The van der Waals surface area contributed by atoms with Crippen LogP contribution in [0.15, 0.2) is 24.4 Å². The Labute approximate surface area is 76.8 Å². The van der Waals surface area contributed by atoms with Crippen LogP contribution in [-0.4, -0.2) is 4.57 Å². The summed E-state index contributed by atoms with van der Waals surface area (Å²) in [6.45, 7) is 1.97. The van der Waals surface area contributed by atoms with Gasteiger partial charge in [0.05, 0.1) is 5.52 Å². The first kappa shape index (κ1) is 8.30. The van der Waals surface area contributed by atoms with E-state index < -0.39 is 0 Å². The van der Waals surface area contributed by atoms with Gasteiger partial charge in [0.25, 0.3) is 0 Å². The summed E-state index contributed by atoms with van der Waals surface area (Å²) >= 11 is 0. The Kier molecular flexibility index (Phi) is 1.83. The van der Waals surface area contributed by atoms with Crippen LogP contribution in [-0.2, 0) is 13.5 Å². The molecule has 0 aliphatic carbocycles. The Balaban J connectivity index is 2.76. The van der Waals surface area contributed by atoms with Gasteiger partial charge in [-0.25, -0.2) is 4.39 Å². The van der Waals surface area contributed by atoms with Gasteiger partial charge >= 0.3 is 0 Å². The fourth-order valence-corrected chi connectivity index (χ4v) is 1.61. The summed E-state index contributed by atoms with van der Waals surface area (Å²) in [4.78, 5) is 0. The molecule has 0 unspecified atom stereocenters. The molecule has 1 nitrogen and oxygen atoms in total. The van der Waals surface area contributed by atoms with Crippen molar-refractivity contribution in [2.24, 2.45) is 7.05 Å². The van der Waals surface area contributed by atoms with E-state index in [1.54, 1.807) is 6.07 Å². The van der Waals surface area contributed by atoms with E-state index in [2.05, 4.69) is 0 Å². The minimum absolute atomic E-state index is 0.100. The Hall–Kier alpha value is -1.31. The van der Waals surface area contributed by atoms with Gasteiger partial charge in [-0.05, 0) is 30.2 Å². The number of rotatable bonds is 1. The van der Waals surface area contributed by atoms with Crippen molar-refractivity contribution in [3.05, 3.63) is 35.8 Å². The molecule has 0 spiro atoms. The number of halogens is 1. The van der Waals surface area contributed by atoms with Gasteiger partial charge in [0.1, 0.15) is 5.82 Å². The number of nitrogens with zero attached hydrogens (tertiary/aromatic N) is 1. The van der Waals surface area contributed by atoms with Crippen LogP contribution in [0.4, 0.5) is 4.39 Å². The number of benzene rings is 1. The van der Waals surface area contributed by atoms with Crippen LogP contribution in [0.2, 0.25) is 0 Å². The number of aryl methyl sites for hydroxylation is 2. The highest BCUT2D eigenvalue weighted by Crippen LogP contribution is 2.19. The molecule has 2 aromatic rings. The highest BCUT2D eigenvalue weighted by molar-refractivity contribution is 5.80. The summed E-state index contributed by atoms with van der Waals surface area (Å²) in [5.74, 6) is -0.100. The second kappa shape index (κ2) is 2.87. The maximum Gasteiger partial charge on any atom is 0.128 e. The molecule has 2 heteroatoms. The van der Waals surface area contributed by atoms with Gasteiger partial charge in [0, 0.05) is 18.6 Å². The molecule has 0 amide bonds. The van der Waals surface area contributed by atoms with Crippen molar-refractivity contribution >= 4 is 10.9 Å². The average molecular weight is 177 g/mol. The molecule has 1 aromatic carbocycles. The molecule has 2 rings (SSSR count). The second-order valence-electron chi connectivity index (χ2n) is 3.28. The summed E-state index contributed by atoms with van der Waals surface area (Å²) < 4.78 is 15.3. The number of hydrogen-bond donors (Lipinski definition) is 0. The number of hydrogen-bond acceptors (Lipinski definition) is 0. The molecule has 0 radical (unpaired) electrons. The summed E-state index contributed by atoms with van der Waals surface area (Å²) in [5, 5.41) is 1.11. The van der Waals surface area contributed by atoms with Crippen molar-refractivity contribution in [1.29, 1.82) is 0 Å². The second-order valence-corrected chi connectivity index (χ2v) is 3.28. The van der Waals surface area contributed by atoms with Gasteiger partial charge in [0.15, 0.2) is 0 Å². The summed E-state index contributed by atoms with van der Waals surface area (Å²) in [7, 11) is 1.92. The molecule has 68 valence electrons. The molecule has 0 aliphatic heterocycles. The quantitative estimate of drug-likeness (QED) is 0.631. The summed E-state index contributed by atoms with van der Waals surface area (Å²) in [5.41, 5.74) is 1.74. The zero-order valence-corrected chi connectivity index (χ0v) is 7.84. The third-order valence-corrected chi connectivity index (χ3v) is 2.43. The van der Waals surface area contributed by atoms with Crippen LogP contribution < -0.4 is 0 Å². The zero-order chi connectivity index (χ0) is 9.42. The topological polar surface area (TPSA) is 4.93 Å². The maximum absolute atomic E-state index is 13.4. The predicted octanol–water partition coefficient (Wildman–Crippen LogP) is 2.88. The van der Waals surface area contributed by atoms with E-state index in [1.807, 2.05) is 36.9 Å². The molecule has 1 heterocycles. The fourth-order valence-electron chi connectivity index (χ4n) is 1.61. The van der Waals surface area contributed by atoms with E-state index in [1.165, 1.54) is 0 Å². The van der Waals surface area contributed by atoms with E-state index >= 15 is 0 Å². The smallest absolute Gasteiger partial charge is 0.128 e. The Morgan fingerprint density at radius 1 is 1.38 bits per heavy atom. The third-order valence-electron chi connectivity index (χ3n) is 2.43. The molecule has 0 saturated carbocycles. The lowest BCUT2D eigenvalue weighted by molar-refractivity contribution is 0.613. The van der Waals surface area contributed by atoms with Crippen molar-refractivity contribution in [2.45, 2.75) is 13.3 Å². The minimum Gasteiger partial charge on any atom is -0.350 e. The van der Waals surface area contributed by atoms with Crippen LogP contribution in [0.3, 0.4) is 0 Å². The average Bonchev–Trinajstić information content (AvgIpc) is 2.47. The highest BCUT2D eigenvalue weighted by Gasteiger charge is 2.04. The van der Waals surface area contributed by atoms with Gasteiger partial charge in [-0.2, -0.15) is 0 Å². The number of fused-ring (bicyclic) bond motifs is 1. The van der Waals surface area contributed by atoms with Crippen LogP contribution in [0.5, 0.6) is 0 Å². The van der Waals surface area contributed by atoms with Gasteiger partial charge in [0.2, 0.25) is 0 Å². The van der Waals surface area contributed by atoms with E-state index in [0.717, 1.165) is 22.9 Å². The maximum atomic E-state index is 13.4. The fraction of sp³-hybridized carbons (Fsp3) is 0.273. The van der Waals surface area contributed by atoms with Crippen LogP contribution in [0.1, 0.15) is 12.5 Å². The molecule has 0 N–H and O–H groups in total. The lowest BCUT2D eigenvalue weighted by atomic mass is 10.1. The summed E-state index contributed by atoms with van der Waals surface area (Å²) in [6, 6.07) is 5.53. The number of aromatic nitrogens is 1. The predicted molar refractivity (Wildman–Crippen MR) is 52.3 cm³/mol. The van der Waals surface area contributed by atoms with Gasteiger partial charge in [-0.3, -0.25) is 0 Å². The summed E-state index contributed by atoms with van der Waals surface area (Å²) in [6.07, 6.45) is 2.69. The molecular weight excluding hydrogens is 165 g/mol. The molecule has 13 heavy (non-hydrogen) atoms. The van der Waals surface area contributed by atoms with Gasteiger partial charge in [-0.15, -0.1) is 0 Å². The lowest BCUT2D eigenvalue weighted by Gasteiger charge is -2.01. The molecule has 0 saturated heterocycles. The minimum atomic E-state index is -0.100. The van der Waals surface area contributed by atoms with E-state index in [4.69, 9.17) is 0 Å². The molecule has 0 aliphatic rings. The van der Waals surface area contributed by atoms with E-state index in [9.17, 15) is 4.39 Å². The van der Waals surface area contributed by atoms with Crippen molar-refractivity contribution in [3.63, 3.8) is 0 Å². The Morgan fingerprint density at radius 2 is 2.15 bits per heavy atom. The Bertz CT molecular complexity index is 443. The van der Waals surface area contributed by atoms with Crippen molar-refractivity contribution in [1.82, 2.24) is 4.57 Å². The van der Waals surface area contributed by atoms with Crippen molar-refractivity contribution < 1.29 is 4.39 Å². The SMILES string of the molecule is CCc1cc2ccn(C)c2cc1F. The van der Waals surface area contributed by atoms with Gasteiger partial charge in [-0.1, -0.05) is 6.92 Å². The van der Waals surface area contributed by atoms with Crippen molar-refractivity contribution in [2.75, 3.05) is 0 Å². The first-order valence-electron chi connectivity index (χ1n) is 4.46. The first-order valence-corrected chi connectivity index (χ1v) is 4.46. The van der Waals surface area contributed by atoms with Crippen molar-refractivity contribution in [3.8, 4) is 0 Å². The van der Waals surface area contributed by atoms with Crippen LogP contribution in [0.25, 0.3) is 10.9 Å². The third kappa shape index (κ3) is 1.22. The van der Waals surface area contributed by atoms with Gasteiger partial charge < -0.3 is 4.57 Å². The molecule has 0 atom stereocenters. The van der Waals surface area contributed by atoms with E-state index in [0.29, 0.717) is 0 Å². The van der Waals surface area contributed by atoms with Crippen LogP contribution in [0, 0.1) is 5.82 Å². The first-order chi connectivity index (χ1) is 6.22. The normalized spacial score (nSPS) is 11.0. The monoisotopic (exact) mass is 177 g/mol. The lowest BCUT2D eigenvalue weighted by Crippen LogP contribution is -1.90. The highest BCUT2D eigenvalue weighted by atomic mass is 19.1. The standard InChI is InChI=1S/C11H12FN/c1-3-8-6-9-4-5-13(2)11(9)7-10(8)12/h4-7H,3H2,1-2H3.